The molecule has 72 valence electrons. The average molecular weight is 173 g/mol. The molecule has 3 nitrogen and oxygen atoms in total. The fourth-order valence-corrected chi connectivity index (χ4v) is 0.632. The van der Waals surface area contributed by atoms with Crippen LogP contribution in [-0.2, 0) is 9.53 Å². The Morgan fingerprint density at radius 3 is 2.25 bits per heavy atom. The third kappa shape index (κ3) is 3.72. The van der Waals surface area contributed by atoms with Crippen LogP contribution in [0, 0.1) is 5.92 Å². The summed E-state index contributed by atoms with van der Waals surface area (Å²) in [5.74, 6) is -0.152. The van der Waals surface area contributed by atoms with Crippen molar-refractivity contribution in [3.05, 3.63) is 0 Å². The van der Waals surface area contributed by atoms with Crippen LogP contribution in [0.25, 0.3) is 0 Å². The Balaban J connectivity index is 3.87. The first-order chi connectivity index (χ1) is 5.49. The Morgan fingerprint density at radius 1 is 1.42 bits per heavy atom. The number of hydrogen-bond acceptors (Lipinski definition) is 3. The van der Waals surface area contributed by atoms with E-state index in [2.05, 4.69) is 0 Å². The van der Waals surface area contributed by atoms with Crippen LogP contribution in [-0.4, -0.2) is 18.1 Å². The average Bonchev–Trinajstić information content (AvgIpc) is 2.02. The van der Waals surface area contributed by atoms with Gasteiger partial charge in [0.05, 0.1) is 6.10 Å². The van der Waals surface area contributed by atoms with Crippen LogP contribution in [0.1, 0.15) is 34.1 Å². The summed E-state index contributed by atoms with van der Waals surface area (Å²) in [5, 5.41) is 0. The monoisotopic (exact) mass is 173 g/mol. The highest BCUT2D eigenvalue weighted by atomic mass is 16.5. The van der Waals surface area contributed by atoms with Crippen LogP contribution < -0.4 is 5.73 Å². The normalized spacial score (nSPS) is 15.8. The Kier molecular flexibility index (Phi) is 4.90. The van der Waals surface area contributed by atoms with E-state index >= 15 is 0 Å². The summed E-state index contributed by atoms with van der Waals surface area (Å²) in [6.45, 7) is 7.65. The fourth-order valence-electron chi connectivity index (χ4n) is 0.632. The summed E-state index contributed by atoms with van der Waals surface area (Å²) in [6.07, 6.45) is 0.804. The molecule has 12 heavy (non-hydrogen) atoms. The van der Waals surface area contributed by atoms with Gasteiger partial charge in [-0.1, -0.05) is 20.8 Å². The highest BCUT2D eigenvalue weighted by Crippen LogP contribution is 2.04. The van der Waals surface area contributed by atoms with Crippen molar-refractivity contribution in [2.45, 2.75) is 46.3 Å². The van der Waals surface area contributed by atoms with Gasteiger partial charge in [0.1, 0.15) is 6.04 Å². The first-order valence-electron chi connectivity index (χ1n) is 4.45. The fraction of sp³-hybridized carbons (Fsp3) is 0.889. The van der Waals surface area contributed by atoms with E-state index in [4.69, 9.17) is 10.5 Å². The van der Waals surface area contributed by atoms with Gasteiger partial charge in [-0.2, -0.15) is 0 Å². The maximum atomic E-state index is 11.2. The maximum Gasteiger partial charge on any atom is 0.323 e. The predicted octanol–water partition coefficient (Wildman–Crippen LogP) is 1.31. The Hall–Kier alpha value is -0.570. The first-order valence-corrected chi connectivity index (χ1v) is 4.45. The van der Waals surface area contributed by atoms with Crippen LogP contribution in [0.3, 0.4) is 0 Å². The molecular weight excluding hydrogens is 154 g/mol. The van der Waals surface area contributed by atoms with E-state index in [0.717, 1.165) is 6.42 Å². The number of ether oxygens (including phenoxy) is 1. The zero-order chi connectivity index (χ0) is 9.72. The minimum atomic E-state index is -0.487. The van der Waals surface area contributed by atoms with Gasteiger partial charge in [-0.3, -0.25) is 4.79 Å². The van der Waals surface area contributed by atoms with Crippen molar-refractivity contribution < 1.29 is 9.53 Å². The molecule has 1 unspecified atom stereocenters. The standard InChI is InChI=1S/C9H19NO2/c1-5-7(4)12-9(11)8(10)6(2)3/h6-8H,5,10H2,1-4H3/t7?,8-/m1/s1. The number of nitrogens with two attached hydrogens (primary N) is 1. The largest absolute Gasteiger partial charge is 0.462 e. The van der Waals surface area contributed by atoms with Crippen molar-refractivity contribution in [3.8, 4) is 0 Å². The molecule has 0 aliphatic rings. The molecule has 0 rings (SSSR count). The molecule has 0 aromatic rings. The molecule has 0 saturated heterocycles. The molecule has 0 aliphatic heterocycles. The third-order valence-electron chi connectivity index (χ3n) is 1.88. The number of esters is 1. The topological polar surface area (TPSA) is 52.3 Å². The zero-order valence-corrected chi connectivity index (χ0v) is 8.33. The molecule has 0 amide bonds. The SMILES string of the molecule is CCC(C)OC(=O)[C@H](N)C(C)C. The lowest BCUT2D eigenvalue weighted by atomic mass is 10.1. The maximum absolute atomic E-state index is 11.2. The van der Waals surface area contributed by atoms with Gasteiger partial charge in [-0.25, -0.2) is 0 Å². The van der Waals surface area contributed by atoms with Crippen molar-refractivity contribution >= 4 is 5.97 Å². The van der Waals surface area contributed by atoms with Gasteiger partial charge in [0.15, 0.2) is 0 Å². The smallest absolute Gasteiger partial charge is 0.323 e. The zero-order valence-electron chi connectivity index (χ0n) is 8.33. The second-order valence-electron chi connectivity index (χ2n) is 3.43. The lowest BCUT2D eigenvalue weighted by molar-refractivity contribution is -0.151. The number of hydrogen-bond donors (Lipinski definition) is 1. The molecule has 0 aromatic heterocycles. The Morgan fingerprint density at radius 2 is 1.92 bits per heavy atom. The number of carbonyl (C=O) groups is 1. The van der Waals surface area contributed by atoms with E-state index in [0.29, 0.717) is 0 Å². The Bertz CT molecular complexity index is 145. The second-order valence-corrected chi connectivity index (χ2v) is 3.43. The van der Waals surface area contributed by atoms with Crippen LogP contribution in [0.15, 0.2) is 0 Å². The molecule has 2 atom stereocenters. The van der Waals surface area contributed by atoms with Gasteiger partial charge in [-0.05, 0) is 19.3 Å². The molecular formula is C9H19NO2. The molecule has 0 aromatic carbocycles. The predicted molar refractivity (Wildman–Crippen MR) is 48.7 cm³/mol. The van der Waals surface area contributed by atoms with E-state index < -0.39 is 6.04 Å². The van der Waals surface area contributed by atoms with Crippen LogP contribution in [0.2, 0.25) is 0 Å². The lowest BCUT2D eigenvalue weighted by Crippen LogP contribution is -2.38. The van der Waals surface area contributed by atoms with E-state index in [1.54, 1.807) is 0 Å². The van der Waals surface area contributed by atoms with Crippen molar-refractivity contribution in [2.24, 2.45) is 11.7 Å². The van der Waals surface area contributed by atoms with Gasteiger partial charge in [0, 0.05) is 0 Å². The summed E-state index contributed by atoms with van der Waals surface area (Å²) in [4.78, 5) is 11.2. The van der Waals surface area contributed by atoms with Gasteiger partial charge < -0.3 is 10.5 Å². The minimum Gasteiger partial charge on any atom is -0.462 e. The van der Waals surface area contributed by atoms with E-state index in [9.17, 15) is 4.79 Å². The molecule has 0 radical (unpaired) electrons. The summed E-state index contributed by atoms with van der Waals surface area (Å²) in [5.41, 5.74) is 5.59. The van der Waals surface area contributed by atoms with Gasteiger partial charge >= 0.3 is 5.97 Å². The molecule has 0 heterocycles. The van der Waals surface area contributed by atoms with E-state index in [-0.39, 0.29) is 18.0 Å². The van der Waals surface area contributed by atoms with Crippen LogP contribution >= 0.6 is 0 Å². The summed E-state index contributed by atoms with van der Waals surface area (Å²) in [6, 6.07) is -0.487. The van der Waals surface area contributed by atoms with Gasteiger partial charge in [0.2, 0.25) is 0 Å². The quantitative estimate of drug-likeness (QED) is 0.652. The highest BCUT2D eigenvalue weighted by molar-refractivity contribution is 5.75. The second kappa shape index (κ2) is 5.14. The van der Waals surface area contributed by atoms with Crippen molar-refractivity contribution in [2.75, 3.05) is 0 Å². The summed E-state index contributed by atoms with van der Waals surface area (Å²) >= 11 is 0. The van der Waals surface area contributed by atoms with Crippen molar-refractivity contribution in [1.29, 1.82) is 0 Å². The van der Waals surface area contributed by atoms with Crippen molar-refractivity contribution in [1.82, 2.24) is 0 Å². The van der Waals surface area contributed by atoms with Gasteiger partial charge in [-0.15, -0.1) is 0 Å². The number of rotatable bonds is 4. The van der Waals surface area contributed by atoms with Crippen LogP contribution in [0.4, 0.5) is 0 Å². The molecule has 0 bridgehead atoms. The molecule has 0 saturated carbocycles. The molecule has 2 N–H and O–H groups in total. The van der Waals surface area contributed by atoms with Gasteiger partial charge in [0.25, 0.3) is 0 Å². The van der Waals surface area contributed by atoms with Crippen molar-refractivity contribution in [3.63, 3.8) is 0 Å². The minimum absolute atomic E-state index is 0.0256. The molecule has 0 aliphatic carbocycles. The molecule has 3 heteroatoms. The Labute approximate surface area is 74.3 Å². The first kappa shape index (κ1) is 11.4. The lowest BCUT2D eigenvalue weighted by Gasteiger charge is -2.17. The number of carbonyl (C=O) groups excluding carboxylic acids is 1. The molecule has 0 fully saturated rings. The molecule has 0 spiro atoms. The third-order valence-corrected chi connectivity index (χ3v) is 1.88. The highest BCUT2D eigenvalue weighted by Gasteiger charge is 2.19. The van der Waals surface area contributed by atoms with E-state index in [1.807, 2.05) is 27.7 Å². The summed E-state index contributed by atoms with van der Waals surface area (Å²) in [7, 11) is 0. The van der Waals surface area contributed by atoms with Crippen LogP contribution in [0.5, 0.6) is 0 Å². The van der Waals surface area contributed by atoms with E-state index in [1.165, 1.54) is 0 Å². The summed E-state index contributed by atoms with van der Waals surface area (Å²) < 4.78 is 5.06.